The van der Waals surface area contributed by atoms with Crippen LogP contribution < -0.4 is 5.73 Å². The molecule has 2 N–H and O–H groups in total. The Balaban J connectivity index is 3.02. The monoisotopic (exact) mass is 177 g/mol. The number of allylic oxidation sites excluding steroid dienone is 1. The quantitative estimate of drug-likeness (QED) is 0.768. The molecule has 3 heteroatoms. The van der Waals surface area contributed by atoms with Crippen molar-refractivity contribution in [1.82, 2.24) is 9.97 Å². The van der Waals surface area contributed by atoms with Crippen LogP contribution in [0.25, 0.3) is 6.08 Å². The Kier molecular flexibility index (Phi) is 3.43. The van der Waals surface area contributed by atoms with Crippen LogP contribution in [0.4, 0.5) is 5.82 Å². The summed E-state index contributed by atoms with van der Waals surface area (Å²) in [5, 5.41) is 0. The molecule has 0 unspecified atom stereocenters. The fourth-order valence-corrected chi connectivity index (χ4v) is 1.17. The van der Waals surface area contributed by atoms with Crippen LogP contribution in [-0.2, 0) is 6.42 Å². The van der Waals surface area contributed by atoms with Crippen molar-refractivity contribution < 1.29 is 0 Å². The van der Waals surface area contributed by atoms with E-state index in [9.17, 15) is 0 Å². The van der Waals surface area contributed by atoms with Gasteiger partial charge in [-0.05, 0) is 19.4 Å². The first kappa shape index (κ1) is 9.71. The molecule has 0 aliphatic rings. The molecule has 1 aromatic heterocycles. The van der Waals surface area contributed by atoms with Crippen LogP contribution in [0.3, 0.4) is 0 Å². The van der Waals surface area contributed by atoms with Crippen molar-refractivity contribution in [3.05, 3.63) is 23.7 Å². The second kappa shape index (κ2) is 4.60. The van der Waals surface area contributed by atoms with E-state index in [1.54, 1.807) is 6.20 Å². The van der Waals surface area contributed by atoms with Gasteiger partial charge in [0.1, 0.15) is 5.82 Å². The summed E-state index contributed by atoms with van der Waals surface area (Å²) in [6.45, 7) is 4.08. The lowest BCUT2D eigenvalue weighted by atomic mass is 10.2. The van der Waals surface area contributed by atoms with E-state index in [0.717, 1.165) is 24.2 Å². The molecule has 0 atom stereocenters. The number of nitrogens with zero attached hydrogens (tertiary/aromatic N) is 2. The molecular formula is C10H15N3. The first-order chi connectivity index (χ1) is 6.27. The highest BCUT2D eigenvalue weighted by Gasteiger charge is 2.01. The highest BCUT2D eigenvalue weighted by molar-refractivity contribution is 5.48. The fraction of sp³-hybridized carbons (Fsp3) is 0.400. The van der Waals surface area contributed by atoms with E-state index in [1.807, 2.05) is 19.1 Å². The van der Waals surface area contributed by atoms with Crippen molar-refractivity contribution in [1.29, 1.82) is 0 Å². The molecule has 0 aliphatic carbocycles. The Hall–Kier alpha value is -1.38. The van der Waals surface area contributed by atoms with Gasteiger partial charge in [-0.1, -0.05) is 19.4 Å². The zero-order chi connectivity index (χ0) is 9.68. The third-order valence-electron chi connectivity index (χ3n) is 1.71. The Morgan fingerprint density at radius 2 is 2.31 bits per heavy atom. The Bertz CT molecular complexity index is 305. The van der Waals surface area contributed by atoms with Crippen LogP contribution in [0, 0.1) is 0 Å². The smallest absolute Gasteiger partial charge is 0.142 e. The maximum Gasteiger partial charge on any atom is 0.142 e. The van der Waals surface area contributed by atoms with E-state index in [0.29, 0.717) is 5.82 Å². The minimum Gasteiger partial charge on any atom is -0.382 e. The molecule has 1 aromatic rings. The van der Waals surface area contributed by atoms with Crippen molar-refractivity contribution in [2.24, 2.45) is 0 Å². The molecule has 0 aliphatic heterocycles. The van der Waals surface area contributed by atoms with Crippen molar-refractivity contribution in [3.8, 4) is 0 Å². The molecule has 0 spiro atoms. The SMILES string of the molecule is C/C=C\c1ncc(N)nc1CCC. The third-order valence-corrected chi connectivity index (χ3v) is 1.71. The predicted octanol–water partition coefficient (Wildman–Crippen LogP) is 2.04. The maximum absolute atomic E-state index is 5.56. The molecule has 1 heterocycles. The minimum atomic E-state index is 0.497. The van der Waals surface area contributed by atoms with Crippen LogP contribution in [-0.4, -0.2) is 9.97 Å². The third kappa shape index (κ3) is 2.54. The number of hydrogen-bond donors (Lipinski definition) is 1. The molecular weight excluding hydrogens is 162 g/mol. The van der Waals surface area contributed by atoms with Crippen molar-refractivity contribution in [2.45, 2.75) is 26.7 Å². The van der Waals surface area contributed by atoms with Gasteiger partial charge in [0.2, 0.25) is 0 Å². The van der Waals surface area contributed by atoms with Crippen molar-refractivity contribution >= 4 is 11.9 Å². The molecule has 0 bridgehead atoms. The summed E-state index contributed by atoms with van der Waals surface area (Å²) in [5.41, 5.74) is 7.47. The molecule has 13 heavy (non-hydrogen) atoms. The van der Waals surface area contributed by atoms with Crippen LogP contribution in [0.15, 0.2) is 12.3 Å². The molecule has 3 nitrogen and oxygen atoms in total. The van der Waals surface area contributed by atoms with Crippen LogP contribution in [0.5, 0.6) is 0 Å². The van der Waals surface area contributed by atoms with E-state index in [2.05, 4.69) is 16.9 Å². The van der Waals surface area contributed by atoms with E-state index in [1.165, 1.54) is 0 Å². The summed E-state index contributed by atoms with van der Waals surface area (Å²) in [6.07, 6.45) is 7.49. The Morgan fingerprint density at radius 1 is 1.54 bits per heavy atom. The molecule has 0 amide bonds. The largest absolute Gasteiger partial charge is 0.382 e. The Morgan fingerprint density at radius 3 is 2.92 bits per heavy atom. The highest BCUT2D eigenvalue weighted by Crippen LogP contribution is 2.09. The van der Waals surface area contributed by atoms with Crippen LogP contribution in [0.1, 0.15) is 31.7 Å². The van der Waals surface area contributed by atoms with Gasteiger partial charge in [0.15, 0.2) is 0 Å². The molecule has 0 saturated heterocycles. The number of rotatable bonds is 3. The topological polar surface area (TPSA) is 51.8 Å². The standard InChI is InChI=1S/C10H15N3/c1-3-5-8-9(6-4-2)13-10(11)7-12-8/h3,5,7H,4,6H2,1-2H3,(H2,11,13)/b5-3-. The highest BCUT2D eigenvalue weighted by atomic mass is 14.9. The van der Waals surface area contributed by atoms with Gasteiger partial charge >= 0.3 is 0 Å². The van der Waals surface area contributed by atoms with Gasteiger partial charge in [-0.25, -0.2) is 4.98 Å². The first-order valence-corrected chi connectivity index (χ1v) is 4.52. The lowest BCUT2D eigenvalue weighted by molar-refractivity contribution is 0.869. The molecule has 0 aromatic carbocycles. The zero-order valence-corrected chi connectivity index (χ0v) is 8.12. The molecule has 0 fully saturated rings. The zero-order valence-electron chi connectivity index (χ0n) is 8.12. The first-order valence-electron chi connectivity index (χ1n) is 4.52. The van der Waals surface area contributed by atoms with Gasteiger partial charge in [-0.2, -0.15) is 0 Å². The number of hydrogen-bond acceptors (Lipinski definition) is 3. The van der Waals surface area contributed by atoms with Gasteiger partial charge in [0, 0.05) is 0 Å². The number of anilines is 1. The van der Waals surface area contributed by atoms with E-state index < -0.39 is 0 Å². The number of aryl methyl sites for hydroxylation is 1. The van der Waals surface area contributed by atoms with Gasteiger partial charge in [0.05, 0.1) is 17.6 Å². The molecule has 1 rings (SSSR count). The van der Waals surface area contributed by atoms with Gasteiger partial charge in [-0.3, -0.25) is 4.98 Å². The van der Waals surface area contributed by atoms with E-state index >= 15 is 0 Å². The van der Waals surface area contributed by atoms with Crippen molar-refractivity contribution in [3.63, 3.8) is 0 Å². The summed E-state index contributed by atoms with van der Waals surface area (Å²) in [4.78, 5) is 8.46. The van der Waals surface area contributed by atoms with Gasteiger partial charge in [-0.15, -0.1) is 0 Å². The Labute approximate surface area is 78.7 Å². The van der Waals surface area contributed by atoms with Crippen molar-refractivity contribution in [2.75, 3.05) is 5.73 Å². The van der Waals surface area contributed by atoms with Crippen LogP contribution in [0.2, 0.25) is 0 Å². The number of nitrogen functional groups attached to an aromatic ring is 1. The average molecular weight is 177 g/mol. The van der Waals surface area contributed by atoms with Gasteiger partial charge < -0.3 is 5.73 Å². The molecule has 70 valence electrons. The average Bonchev–Trinajstić information content (AvgIpc) is 2.10. The lowest BCUT2D eigenvalue weighted by Crippen LogP contribution is -2.00. The second-order valence-electron chi connectivity index (χ2n) is 2.88. The summed E-state index contributed by atoms with van der Waals surface area (Å²) < 4.78 is 0. The normalized spacial score (nSPS) is 10.9. The minimum absolute atomic E-state index is 0.497. The lowest BCUT2D eigenvalue weighted by Gasteiger charge is -2.03. The fourth-order valence-electron chi connectivity index (χ4n) is 1.17. The van der Waals surface area contributed by atoms with Gasteiger partial charge in [0.25, 0.3) is 0 Å². The van der Waals surface area contributed by atoms with E-state index in [4.69, 9.17) is 5.73 Å². The molecule has 0 radical (unpaired) electrons. The summed E-state index contributed by atoms with van der Waals surface area (Å²) in [6, 6.07) is 0. The summed E-state index contributed by atoms with van der Waals surface area (Å²) >= 11 is 0. The summed E-state index contributed by atoms with van der Waals surface area (Å²) in [7, 11) is 0. The predicted molar refractivity (Wildman–Crippen MR) is 55.1 cm³/mol. The maximum atomic E-state index is 5.56. The molecule has 0 saturated carbocycles. The number of aromatic nitrogens is 2. The van der Waals surface area contributed by atoms with Crippen LogP contribution >= 0.6 is 0 Å². The summed E-state index contributed by atoms with van der Waals surface area (Å²) in [5.74, 6) is 0.497. The van der Waals surface area contributed by atoms with E-state index in [-0.39, 0.29) is 0 Å². The number of nitrogens with two attached hydrogens (primary N) is 1. The second-order valence-corrected chi connectivity index (χ2v) is 2.88.